The van der Waals surface area contributed by atoms with E-state index in [0.29, 0.717) is 38.9 Å². The Hall–Kier alpha value is -2.70. The highest BCUT2D eigenvalue weighted by atomic mass is 16.2. The molecular formula is C17H19N5O2. The molecule has 0 bridgehead atoms. The van der Waals surface area contributed by atoms with E-state index in [1.54, 1.807) is 0 Å². The van der Waals surface area contributed by atoms with Crippen LogP contribution in [0, 0.1) is 0 Å². The van der Waals surface area contributed by atoms with Gasteiger partial charge in [0.05, 0.1) is 6.54 Å². The Kier molecular flexibility index (Phi) is 3.76. The second-order valence-electron chi connectivity index (χ2n) is 6.17. The van der Waals surface area contributed by atoms with Gasteiger partial charge in [0, 0.05) is 31.5 Å². The van der Waals surface area contributed by atoms with Crippen molar-refractivity contribution in [1.82, 2.24) is 25.0 Å². The molecule has 0 saturated carbocycles. The molecule has 1 atom stereocenters. The lowest BCUT2D eigenvalue weighted by Crippen LogP contribution is -2.45. The van der Waals surface area contributed by atoms with Crippen LogP contribution in [0.15, 0.2) is 30.3 Å². The second-order valence-corrected chi connectivity index (χ2v) is 6.17. The smallest absolute Gasteiger partial charge is 0.245 e. The van der Waals surface area contributed by atoms with Gasteiger partial charge in [0.15, 0.2) is 5.82 Å². The van der Waals surface area contributed by atoms with Crippen LogP contribution in [0.2, 0.25) is 0 Å². The van der Waals surface area contributed by atoms with Crippen LogP contribution in [0.3, 0.4) is 0 Å². The van der Waals surface area contributed by atoms with E-state index in [9.17, 15) is 9.59 Å². The Morgan fingerprint density at radius 3 is 2.71 bits per heavy atom. The topological polar surface area (TPSA) is 80.1 Å². The van der Waals surface area contributed by atoms with Crippen molar-refractivity contribution in [3.63, 3.8) is 0 Å². The number of carbonyl (C=O) groups is 2. The number of fused-ring (bicyclic) bond motifs is 1. The van der Waals surface area contributed by atoms with Gasteiger partial charge in [-0.3, -0.25) is 9.59 Å². The average molecular weight is 325 g/mol. The van der Waals surface area contributed by atoms with Gasteiger partial charge in [0.1, 0.15) is 11.9 Å². The van der Waals surface area contributed by atoms with Gasteiger partial charge in [0.2, 0.25) is 11.8 Å². The molecule has 124 valence electrons. The Morgan fingerprint density at radius 2 is 1.96 bits per heavy atom. The number of benzene rings is 1. The number of nitrogens with one attached hydrogen (secondary N) is 1. The van der Waals surface area contributed by atoms with Crippen molar-refractivity contribution in [2.24, 2.45) is 0 Å². The molecule has 2 amide bonds. The minimum atomic E-state index is -0.365. The molecule has 2 aliphatic rings. The third kappa shape index (κ3) is 2.77. The predicted molar refractivity (Wildman–Crippen MR) is 86.9 cm³/mol. The van der Waals surface area contributed by atoms with E-state index < -0.39 is 0 Å². The van der Waals surface area contributed by atoms with Crippen LogP contribution in [0.25, 0.3) is 11.4 Å². The maximum Gasteiger partial charge on any atom is 0.245 e. The standard InChI is InChI=1S/C17H19N5O2/c23-15-7-6-13(18-15)17(24)21-9-8-14-19-16(20-22(14)11-10-21)12-4-2-1-3-5-12/h1-5,13H,6-11H2,(H,18,23). The lowest BCUT2D eigenvalue weighted by molar-refractivity contribution is -0.134. The first-order chi connectivity index (χ1) is 11.7. The van der Waals surface area contributed by atoms with Crippen molar-refractivity contribution < 1.29 is 9.59 Å². The summed E-state index contributed by atoms with van der Waals surface area (Å²) in [5, 5.41) is 7.33. The summed E-state index contributed by atoms with van der Waals surface area (Å²) in [7, 11) is 0. The van der Waals surface area contributed by atoms with Crippen molar-refractivity contribution >= 4 is 11.8 Å². The van der Waals surface area contributed by atoms with E-state index >= 15 is 0 Å². The van der Waals surface area contributed by atoms with Crippen LogP contribution in [-0.4, -0.2) is 50.6 Å². The van der Waals surface area contributed by atoms with E-state index in [1.165, 1.54) is 0 Å². The average Bonchev–Trinajstić information content (AvgIpc) is 3.17. The van der Waals surface area contributed by atoms with Gasteiger partial charge in [-0.2, -0.15) is 5.10 Å². The molecule has 3 heterocycles. The molecule has 1 N–H and O–H groups in total. The molecule has 4 rings (SSSR count). The van der Waals surface area contributed by atoms with E-state index in [2.05, 4.69) is 15.4 Å². The Bertz CT molecular complexity index is 745. The molecule has 0 aliphatic carbocycles. The van der Waals surface area contributed by atoms with Crippen molar-refractivity contribution in [1.29, 1.82) is 0 Å². The zero-order chi connectivity index (χ0) is 16.5. The molecule has 7 nitrogen and oxygen atoms in total. The molecule has 0 radical (unpaired) electrons. The summed E-state index contributed by atoms with van der Waals surface area (Å²) in [5.41, 5.74) is 1.000. The minimum absolute atomic E-state index is 0.00915. The van der Waals surface area contributed by atoms with Gasteiger partial charge < -0.3 is 10.2 Å². The fourth-order valence-corrected chi connectivity index (χ4v) is 3.25. The zero-order valence-electron chi connectivity index (χ0n) is 13.3. The van der Waals surface area contributed by atoms with Crippen molar-refractivity contribution in [2.75, 3.05) is 13.1 Å². The summed E-state index contributed by atoms with van der Waals surface area (Å²) >= 11 is 0. The maximum absolute atomic E-state index is 12.5. The summed E-state index contributed by atoms with van der Waals surface area (Å²) in [6, 6.07) is 9.53. The van der Waals surface area contributed by atoms with Crippen LogP contribution in [-0.2, 0) is 22.6 Å². The van der Waals surface area contributed by atoms with Crippen LogP contribution >= 0.6 is 0 Å². The van der Waals surface area contributed by atoms with Gasteiger partial charge in [-0.25, -0.2) is 9.67 Å². The number of rotatable bonds is 2. The zero-order valence-corrected chi connectivity index (χ0v) is 13.3. The van der Waals surface area contributed by atoms with E-state index in [0.717, 1.165) is 17.2 Å². The summed E-state index contributed by atoms with van der Waals surface area (Å²) < 4.78 is 1.89. The largest absolute Gasteiger partial charge is 0.344 e. The van der Waals surface area contributed by atoms with Crippen molar-refractivity contribution in [3.8, 4) is 11.4 Å². The SMILES string of the molecule is O=C1CCC(C(=O)N2CCc3nc(-c4ccccc4)nn3CC2)N1. The number of carbonyl (C=O) groups excluding carboxylic acids is 2. The van der Waals surface area contributed by atoms with Crippen LogP contribution in [0.5, 0.6) is 0 Å². The second kappa shape index (κ2) is 6.07. The highest BCUT2D eigenvalue weighted by Gasteiger charge is 2.31. The summed E-state index contributed by atoms with van der Waals surface area (Å²) in [5.74, 6) is 1.60. The number of nitrogens with zero attached hydrogens (tertiary/aromatic N) is 4. The molecule has 1 aromatic carbocycles. The number of hydrogen-bond donors (Lipinski definition) is 1. The first-order valence-electron chi connectivity index (χ1n) is 8.28. The van der Waals surface area contributed by atoms with Crippen LogP contribution in [0.4, 0.5) is 0 Å². The first kappa shape index (κ1) is 14.9. The predicted octanol–water partition coefficient (Wildman–Crippen LogP) is 0.608. The first-order valence-corrected chi connectivity index (χ1v) is 8.28. The molecule has 1 fully saturated rings. The Balaban J connectivity index is 1.46. The number of aromatic nitrogens is 3. The molecule has 1 aromatic heterocycles. The molecule has 1 saturated heterocycles. The maximum atomic E-state index is 12.5. The van der Waals surface area contributed by atoms with Crippen molar-refractivity contribution in [3.05, 3.63) is 36.2 Å². The highest BCUT2D eigenvalue weighted by molar-refractivity contribution is 5.90. The van der Waals surface area contributed by atoms with E-state index in [4.69, 9.17) is 0 Å². The van der Waals surface area contributed by atoms with Gasteiger partial charge in [-0.05, 0) is 6.42 Å². The third-order valence-corrected chi connectivity index (χ3v) is 4.57. The lowest BCUT2D eigenvalue weighted by atomic mass is 10.2. The molecule has 7 heteroatoms. The Morgan fingerprint density at radius 1 is 1.12 bits per heavy atom. The molecule has 24 heavy (non-hydrogen) atoms. The molecule has 1 unspecified atom stereocenters. The fraction of sp³-hybridized carbons (Fsp3) is 0.412. The summed E-state index contributed by atoms with van der Waals surface area (Å²) in [6.45, 7) is 1.83. The normalized spacial score (nSPS) is 20.4. The lowest BCUT2D eigenvalue weighted by Gasteiger charge is -2.23. The monoisotopic (exact) mass is 325 g/mol. The Labute approximate surface area is 139 Å². The minimum Gasteiger partial charge on any atom is -0.344 e. The highest BCUT2D eigenvalue weighted by Crippen LogP contribution is 2.18. The third-order valence-electron chi connectivity index (χ3n) is 4.57. The van der Waals surface area contributed by atoms with Gasteiger partial charge in [0.25, 0.3) is 0 Å². The van der Waals surface area contributed by atoms with E-state index in [1.807, 2.05) is 39.9 Å². The van der Waals surface area contributed by atoms with Gasteiger partial charge >= 0.3 is 0 Å². The molecular weight excluding hydrogens is 306 g/mol. The molecule has 0 spiro atoms. The number of amides is 2. The quantitative estimate of drug-likeness (QED) is 0.877. The van der Waals surface area contributed by atoms with Crippen LogP contribution in [0.1, 0.15) is 18.7 Å². The molecule has 2 aliphatic heterocycles. The van der Waals surface area contributed by atoms with Gasteiger partial charge in [-0.15, -0.1) is 0 Å². The number of hydrogen-bond acceptors (Lipinski definition) is 4. The van der Waals surface area contributed by atoms with Crippen LogP contribution < -0.4 is 5.32 Å². The molecule has 2 aromatic rings. The summed E-state index contributed by atoms with van der Waals surface area (Å²) in [6.07, 6.45) is 1.70. The van der Waals surface area contributed by atoms with Crippen molar-refractivity contribution in [2.45, 2.75) is 31.8 Å². The fourth-order valence-electron chi connectivity index (χ4n) is 3.25. The summed E-state index contributed by atoms with van der Waals surface area (Å²) in [4.78, 5) is 30.3. The van der Waals surface area contributed by atoms with Gasteiger partial charge in [-0.1, -0.05) is 30.3 Å². The van der Waals surface area contributed by atoms with E-state index in [-0.39, 0.29) is 17.9 Å².